The van der Waals surface area contributed by atoms with E-state index in [-0.39, 0.29) is 0 Å². The van der Waals surface area contributed by atoms with Crippen molar-refractivity contribution in [3.8, 4) is 17.2 Å². The van der Waals surface area contributed by atoms with E-state index in [0.717, 1.165) is 12.7 Å². The van der Waals surface area contributed by atoms with Crippen molar-refractivity contribution < 1.29 is 19.0 Å². The number of aldehydes is 1. The number of benzene rings is 1. The minimum Gasteiger partial charge on any atom is -0.493 e. The van der Waals surface area contributed by atoms with Crippen LogP contribution in [0.1, 0.15) is 37.3 Å². The summed E-state index contributed by atoms with van der Waals surface area (Å²) in [6, 6.07) is 3.47. The maximum atomic E-state index is 12.0. The highest BCUT2D eigenvalue weighted by Gasteiger charge is 2.27. The van der Waals surface area contributed by atoms with Gasteiger partial charge in [0.05, 0.1) is 36.8 Å². The van der Waals surface area contributed by atoms with Crippen LogP contribution in [0, 0.1) is 0 Å². The predicted molar refractivity (Wildman–Crippen MR) is 111 cm³/mol. The van der Waals surface area contributed by atoms with Gasteiger partial charge in [-0.25, -0.2) is 0 Å². The van der Waals surface area contributed by atoms with Gasteiger partial charge in [0.1, 0.15) is 6.29 Å². The van der Waals surface area contributed by atoms with Gasteiger partial charge in [0.15, 0.2) is 11.5 Å². The van der Waals surface area contributed by atoms with Crippen LogP contribution < -0.4 is 14.2 Å². The molecular weight excluding hydrogens is 401 g/mol. The number of carbonyl (C=O) groups excluding carboxylic acids is 1. The van der Waals surface area contributed by atoms with Gasteiger partial charge in [-0.1, -0.05) is 40.9 Å². The molecule has 1 heterocycles. The smallest absolute Gasteiger partial charge is 0.203 e. The SMILES string of the molecule is COc1ccc(C(C=O)c2c(Cl)cncc2Cl)c(OC)c1OCCC=C(C)C. The van der Waals surface area contributed by atoms with Gasteiger partial charge < -0.3 is 19.0 Å². The molecule has 7 heteroatoms. The molecule has 1 aromatic heterocycles. The molecule has 150 valence electrons. The number of hydrogen-bond acceptors (Lipinski definition) is 5. The number of ether oxygens (including phenoxy) is 3. The van der Waals surface area contributed by atoms with Crippen LogP contribution in [0.5, 0.6) is 17.2 Å². The zero-order valence-electron chi connectivity index (χ0n) is 16.3. The van der Waals surface area contributed by atoms with Crippen molar-refractivity contribution in [1.82, 2.24) is 4.98 Å². The van der Waals surface area contributed by atoms with Crippen LogP contribution in [0.15, 0.2) is 36.2 Å². The molecule has 28 heavy (non-hydrogen) atoms. The van der Waals surface area contributed by atoms with Gasteiger partial charge in [-0.3, -0.25) is 4.98 Å². The van der Waals surface area contributed by atoms with Gasteiger partial charge in [0.2, 0.25) is 5.75 Å². The summed E-state index contributed by atoms with van der Waals surface area (Å²) >= 11 is 12.5. The standard InChI is InChI=1S/C21H23Cl2NO4/c1-13(2)6-5-9-28-21-18(26-3)8-7-14(20(21)27-4)15(12-25)19-16(22)10-24-11-17(19)23/h6-8,10-12,15H,5,9H2,1-4H3. The molecule has 0 spiro atoms. The number of nitrogens with zero attached hydrogens (tertiary/aromatic N) is 1. The van der Waals surface area contributed by atoms with Gasteiger partial charge in [0, 0.05) is 23.5 Å². The predicted octanol–water partition coefficient (Wildman–Crippen LogP) is 5.47. The topological polar surface area (TPSA) is 57.7 Å². The van der Waals surface area contributed by atoms with E-state index in [2.05, 4.69) is 11.1 Å². The number of aromatic nitrogens is 1. The molecule has 0 fully saturated rings. The van der Waals surface area contributed by atoms with E-state index in [9.17, 15) is 4.79 Å². The molecule has 0 amide bonds. The van der Waals surface area contributed by atoms with Crippen LogP contribution in [0.2, 0.25) is 10.0 Å². The third-order valence-corrected chi connectivity index (χ3v) is 4.72. The van der Waals surface area contributed by atoms with Crippen molar-refractivity contribution in [2.45, 2.75) is 26.2 Å². The zero-order chi connectivity index (χ0) is 20.7. The van der Waals surface area contributed by atoms with E-state index in [1.54, 1.807) is 19.2 Å². The molecule has 1 unspecified atom stereocenters. The molecule has 2 rings (SSSR count). The molecule has 2 aromatic rings. The maximum Gasteiger partial charge on any atom is 0.203 e. The van der Waals surface area contributed by atoms with E-state index in [4.69, 9.17) is 37.4 Å². The summed E-state index contributed by atoms with van der Waals surface area (Å²) < 4.78 is 17.0. The summed E-state index contributed by atoms with van der Waals surface area (Å²) in [5.41, 5.74) is 2.25. The highest BCUT2D eigenvalue weighted by molar-refractivity contribution is 6.36. The summed E-state index contributed by atoms with van der Waals surface area (Å²) in [5, 5.41) is 0.599. The second-order valence-corrected chi connectivity index (χ2v) is 7.08. The number of methoxy groups -OCH3 is 2. The fourth-order valence-electron chi connectivity index (χ4n) is 2.84. The third kappa shape index (κ3) is 4.97. The molecule has 0 aliphatic carbocycles. The van der Waals surface area contributed by atoms with Crippen LogP contribution in [0.25, 0.3) is 0 Å². The van der Waals surface area contributed by atoms with E-state index in [0.29, 0.717) is 45.0 Å². The molecule has 0 bridgehead atoms. The number of hydrogen-bond donors (Lipinski definition) is 0. The largest absolute Gasteiger partial charge is 0.493 e. The van der Waals surface area contributed by atoms with Crippen molar-refractivity contribution >= 4 is 29.5 Å². The lowest BCUT2D eigenvalue weighted by Crippen LogP contribution is -2.09. The van der Waals surface area contributed by atoms with E-state index >= 15 is 0 Å². The van der Waals surface area contributed by atoms with Gasteiger partial charge in [-0.05, 0) is 26.3 Å². The second kappa shape index (κ2) is 10.3. The van der Waals surface area contributed by atoms with Gasteiger partial charge in [-0.2, -0.15) is 0 Å². The second-order valence-electron chi connectivity index (χ2n) is 6.27. The Kier molecular flexibility index (Phi) is 8.15. The normalized spacial score (nSPS) is 11.5. The first kappa shape index (κ1) is 22.1. The molecule has 0 radical (unpaired) electrons. The average Bonchev–Trinajstić information content (AvgIpc) is 2.67. The monoisotopic (exact) mass is 423 g/mol. The van der Waals surface area contributed by atoms with Crippen LogP contribution in [-0.4, -0.2) is 32.1 Å². The fourth-order valence-corrected chi connectivity index (χ4v) is 3.44. The first-order valence-electron chi connectivity index (χ1n) is 8.69. The number of allylic oxidation sites excluding steroid dienone is 1. The first-order chi connectivity index (χ1) is 13.4. The summed E-state index contributed by atoms with van der Waals surface area (Å²) in [7, 11) is 3.06. The highest BCUT2D eigenvalue weighted by atomic mass is 35.5. The van der Waals surface area contributed by atoms with Crippen molar-refractivity contribution in [2.75, 3.05) is 20.8 Å². The van der Waals surface area contributed by atoms with E-state index in [1.165, 1.54) is 25.1 Å². The number of halogens is 2. The molecular formula is C21H23Cl2NO4. The molecule has 1 aromatic carbocycles. The Labute approximate surface area is 175 Å². The minimum absolute atomic E-state index is 0.300. The first-order valence-corrected chi connectivity index (χ1v) is 9.45. The molecule has 1 atom stereocenters. The summed E-state index contributed by atoms with van der Waals surface area (Å²) in [5.74, 6) is 0.591. The number of pyridine rings is 1. The molecule has 0 aliphatic heterocycles. The maximum absolute atomic E-state index is 12.0. The van der Waals surface area contributed by atoms with E-state index < -0.39 is 5.92 Å². The lowest BCUT2D eigenvalue weighted by atomic mass is 9.92. The number of carbonyl (C=O) groups is 1. The van der Waals surface area contributed by atoms with Gasteiger partial charge in [0.25, 0.3) is 0 Å². The van der Waals surface area contributed by atoms with Crippen LogP contribution in [0.4, 0.5) is 0 Å². The fraction of sp³-hybridized carbons (Fsp3) is 0.333. The molecule has 0 N–H and O–H groups in total. The Hall–Kier alpha value is -2.24. The molecule has 0 saturated heterocycles. The van der Waals surface area contributed by atoms with Crippen molar-refractivity contribution in [1.29, 1.82) is 0 Å². The lowest BCUT2D eigenvalue weighted by Gasteiger charge is -2.21. The van der Waals surface area contributed by atoms with Crippen molar-refractivity contribution in [3.05, 3.63) is 57.3 Å². The Balaban J connectivity index is 2.53. The third-order valence-electron chi connectivity index (χ3n) is 4.12. The average molecular weight is 424 g/mol. The number of rotatable bonds is 9. The Morgan fingerprint density at radius 3 is 2.32 bits per heavy atom. The Morgan fingerprint density at radius 2 is 1.79 bits per heavy atom. The molecule has 0 aliphatic rings. The Bertz CT molecular complexity index is 843. The van der Waals surface area contributed by atoms with Crippen LogP contribution >= 0.6 is 23.2 Å². The zero-order valence-corrected chi connectivity index (χ0v) is 17.8. The summed E-state index contributed by atoms with van der Waals surface area (Å²) in [4.78, 5) is 16.0. The van der Waals surface area contributed by atoms with Crippen molar-refractivity contribution in [2.24, 2.45) is 0 Å². The molecule has 0 saturated carbocycles. The Morgan fingerprint density at radius 1 is 1.11 bits per heavy atom. The molecule has 5 nitrogen and oxygen atoms in total. The highest BCUT2D eigenvalue weighted by Crippen LogP contribution is 2.45. The lowest BCUT2D eigenvalue weighted by molar-refractivity contribution is -0.108. The summed E-state index contributed by atoms with van der Waals surface area (Å²) in [6.07, 6.45) is 6.48. The summed E-state index contributed by atoms with van der Waals surface area (Å²) in [6.45, 7) is 4.49. The van der Waals surface area contributed by atoms with Crippen LogP contribution in [-0.2, 0) is 4.79 Å². The van der Waals surface area contributed by atoms with E-state index in [1.807, 2.05) is 13.8 Å². The minimum atomic E-state index is -0.746. The quantitative estimate of drug-likeness (QED) is 0.304. The van der Waals surface area contributed by atoms with Crippen molar-refractivity contribution in [3.63, 3.8) is 0 Å². The van der Waals surface area contributed by atoms with Gasteiger partial charge >= 0.3 is 0 Å². The van der Waals surface area contributed by atoms with Gasteiger partial charge in [-0.15, -0.1) is 0 Å². The van der Waals surface area contributed by atoms with Crippen LogP contribution in [0.3, 0.4) is 0 Å².